The van der Waals surface area contributed by atoms with Crippen LogP contribution in [0.3, 0.4) is 0 Å². The normalized spacial score (nSPS) is 18.2. The van der Waals surface area contributed by atoms with Gasteiger partial charge < -0.3 is 19.1 Å². The number of esters is 1. The Kier molecular flexibility index (Phi) is 7.30. The van der Waals surface area contributed by atoms with Gasteiger partial charge in [-0.15, -0.1) is 0 Å². The standard InChI is InChI=1S/C23H25ClN2O7S/c1-31-23(28)21-13-26(18-8-4-5-9-20(18)33-21)22(27)14-32-19-11-10-16(12-17(19)24)34(29,30)25-15-6-2-3-7-15/h4-5,8-12,15,21,25H,2-3,6-7,13-14H2,1H3. The molecule has 0 aromatic heterocycles. The molecule has 1 saturated carbocycles. The molecule has 1 aliphatic carbocycles. The van der Waals surface area contributed by atoms with E-state index in [1.165, 1.54) is 30.2 Å². The van der Waals surface area contributed by atoms with Crippen molar-refractivity contribution in [2.24, 2.45) is 0 Å². The summed E-state index contributed by atoms with van der Waals surface area (Å²) in [7, 11) is -2.46. The summed E-state index contributed by atoms with van der Waals surface area (Å²) in [6, 6.07) is 10.9. The van der Waals surface area contributed by atoms with Crippen LogP contribution >= 0.6 is 11.6 Å². The van der Waals surface area contributed by atoms with Gasteiger partial charge in [0.05, 0.1) is 29.3 Å². The zero-order valence-corrected chi connectivity index (χ0v) is 20.1. The summed E-state index contributed by atoms with van der Waals surface area (Å²) in [5, 5.41) is 0.0666. The SMILES string of the molecule is COC(=O)C1CN(C(=O)COc2ccc(S(=O)(=O)NC3CCCC3)cc2Cl)c2ccccc2O1. The number of para-hydroxylation sites is 2. The van der Waals surface area contributed by atoms with Crippen LogP contribution in [0.2, 0.25) is 5.02 Å². The molecule has 182 valence electrons. The van der Waals surface area contributed by atoms with Crippen LogP contribution in [0.15, 0.2) is 47.4 Å². The number of anilines is 1. The second-order valence-corrected chi connectivity index (χ2v) is 10.2. The van der Waals surface area contributed by atoms with Crippen molar-refractivity contribution >= 4 is 39.2 Å². The molecule has 9 nitrogen and oxygen atoms in total. The van der Waals surface area contributed by atoms with Crippen LogP contribution < -0.4 is 19.1 Å². The molecule has 2 aromatic carbocycles. The Bertz CT molecular complexity index is 1180. The molecule has 11 heteroatoms. The lowest BCUT2D eigenvalue weighted by Gasteiger charge is -2.33. The Balaban J connectivity index is 1.45. The molecule has 0 spiro atoms. The fourth-order valence-corrected chi connectivity index (χ4v) is 5.67. The van der Waals surface area contributed by atoms with Crippen LogP contribution in [0.1, 0.15) is 25.7 Å². The molecule has 1 atom stereocenters. The van der Waals surface area contributed by atoms with Gasteiger partial charge in [-0.05, 0) is 43.2 Å². The van der Waals surface area contributed by atoms with Gasteiger partial charge in [-0.2, -0.15) is 0 Å². The van der Waals surface area contributed by atoms with Crippen LogP contribution in [0.25, 0.3) is 0 Å². The number of rotatable bonds is 7. The Morgan fingerprint density at radius 3 is 2.62 bits per heavy atom. The third kappa shape index (κ3) is 5.29. The maximum atomic E-state index is 13.0. The van der Waals surface area contributed by atoms with Crippen LogP contribution in [-0.2, 0) is 24.3 Å². The average Bonchev–Trinajstić information content (AvgIpc) is 3.34. The number of methoxy groups -OCH3 is 1. The first-order valence-electron chi connectivity index (χ1n) is 10.9. The number of nitrogens with one attached hydrogen (secondary N) is 1. The van der Waals surface area contributed by atoms with E-state index in [0.717, 1.165) is 25.7 Å². The van der Waals surface area contributed by atoms with E-state index in [1.54, 1.807) is 24.3 Å². The van der Waals surface area contributed by atoms with Crippen molar-refractivity contribution in [1.29, 1.82) is 0 Å². The maximum Gasteiger partial charge on any atom is 0.348 e. The minimum atomic E-state index is -3.70. The highest BCUT2D eigenvalue weighted by molar-refractivity contribution is 7.89. The number of carbonyl (C=O) groups excluding carboxylic acids is 2. The lowest BCUT2D eigenvalue weighted by molar-refractivity contribution is -0.148. The van der Waals surface area contributed by atoms with Gasteiger partial charge in [0.2, 0.25) is 16.1 Å². The number of ether oxygens (including phenoxy) is 3. The van der Waals surface area contributed by atoms with Gasteiger partial charge in [-0.3, -0.25) is 4.79 Å². The largest absolute Gasteiger partial charge is 0.482 e. The summed E-state index contributed by atoms with van der Waals surface area (Å²) in [4.78, 5) is 26.4. The number of hydrogen-bond donors (Lipinski definition) is 1. The summed E-state index contributed by atoms with van der Waals surface area (Å²) in [6.45, 7) is -0.419. The quantitative estimate of drug-likeness (QED) is 0.572. The molecule has 0 saturated heterocycles. The van der Waals surface area contributed by atoms with Crippen LogP contribution in [0, 0.1) is 0 Å². The zero-order valence-electron chi connectivity index (χ0n) is 18.5. The van der Waals surface area contributed by atoms with Gasteiger partial charge in [0, 0.05) is 6.04 Å². The first-order valence-corrected chi connectivity index (χ1v) is 12.7. The smallest absolute Gasteiger partial charge is 0.348 e. The highest BCUT2D eigenvalue weighted by Gasteiger charge is 2.34. The van der Waals surface area contributed by atoms with E-state index in [-0.39, 0.29) is 34.9 Å². The minimum absolute atomic E-state index is 0.0334. The van der Waals surface area contributed by atoms with Crippen molar-refractivity contribution in [3.8, 4) is 11.5 Å². The van der Waals surface area contributed by atoms with Crippen LogP contribution in [0.4, 0.5) is 5.69 Å². The Labute approximate surface area is 203 Å². The number of benzene rings is 2. The molecule has 1 amide bonds. The minimum Gasteiger partial charge on any atom is -0.482 e. The second kappa shape index (κ2) is 10.2. The van der Waals surface area contributed by atoms with E-state index >= 15 is 0 Å². The zero-order chi connectivity index (χ0) is 24.3. The predicted molar refractivity (Wildman–Crippen MR) is 125 cm³/mol. The molecule has 2 aromatic rings. The van der Waals surface area contributed by atoms with Crippen molar-refractivity contribution < 1.29 is 32.2 Å². The Morgan fingerprint density at radius 1 is 1.18 bits per heavy atom. The van der Waals surface area contributed by atoms with E-state index in [0.29, 0.717) is 11.4 Å². The van der Waals surface area contributed by atoms with E-state index in [4.69, 9.17) is 25.8 Å². The monoisotopic (exact) mass is 508 g/mol. The molecule has 1 fully saturated rings. The summed E-state index contributed by atoms with van der Waals surface area (Å²) in [5.74, 6) is -0.486. The topological polar surface area (TPSA) is 111 Å². The first kappa shape index (κ1) is 24.3. The average molecular weight is 509 g/mol. The molecule has 1 N–H and O–H groups in total. The Hall–Kier alpha value is -2.82. The molecule has 0 radical (unpaired) electrons. The molecule has 1 aliphatic heterocycles. The van der Waals surface area contributed by atoms with Crippen molar-refractivity contribution in [2.45, 2.75) is 42.7 Å². The number of nitrogens with zero attached hydrogens (tertiary/aromatic N) is 1. The van der Waals surface area contributed by atoms with Gasteiger partial charge in [0.25, 0.3) is 5.91 Å². The molecular weight excluding hydrogens is 484 g/mol. The van der Waals surface area contributed by atoms with Crippen molar-refractivity contribution in [1.82, 2.24) is 4.72 Å². The van der Waals surface area contributed by atoms with Gasteiger partial charge in [0.1, 0.15) is 11.5 Å². The van der Waals surface area contributed by atoms with E-state index in [1.807, 2.05) is 0 Å². The number of sulfonamides is 1. The number of hydrogen-bond acceptors (Lipinski definition) is 7. The number of halogens is 1. The van der Waals surface area contributed by atoms with Gasteiger partial charge in [-0.25, -0.2) is 17.9 Å². The lowest BCUT2D eigenvalue weighted by Crippen LogP contribution is -2.48. The van der Waals surface area contributed by atoms with Gasteiger partial charge in [-0.1, -0.05) is 36.6 Å². The summed E-state index contributed by atoms with van der Waals surface area (Å²) >= 11 is 6.26. The lowest BCUT2D eigenvalue weighted by atomic mass is 10.2. The van der Waals surface area contributed by atoms with Crippen LogP contribution in [-0.4, -0.2) is 52.7 Å². The summed E-state index contributed by atoms with van der Waals surface area (Å²) in [6.07, 6.45) is 2.67. The van der Waals surface area contributed by atoms with Crippen molar-refractivity contribution in [2.75, 3.05) is 25.2 Å². The molecule has 2 aliphatic rings. The highest BCUT2D eigenvalue weighted by atomic mass is 35.5. The fraction of sp³-hybridized carbons (Fsp3) is 0.391. The Morgan fingerprint density at radius 2 is 1.91 bits per heavy atom. The predicted octanol–water partition coefficient (Wildman–Crippen LogP) is 2.91. The van der Waals surface area contributed by atoms with E-state index in [9.17, 15) is 18.0 Å². The van der Waals surface area contributed by atoms with Gasteiger partial charge >= 0.3 is 5.97 Å². The third-order valence-corrected chi connectivity index (χ3v) is 7.59. The first-order chi connectivity index (χ1) is 16.3. The molecule has 1 unspecified atom stereocenters. The molecular formula is C23H25ClN2O7S. The van der Waals surface area contributed by atoms with Crippen molar-refractivity contribution in [3.05, 3.63) is 47.5 Å². The van der Waals surface area contributed by atoms with Gasteiger partial charge in [0.15, 0.2) is 6.61 Å². The number of amides is 1. The third-order valence-electron chi connectivity index (χ3n) is 5.78. The fourth-order valence-electron chi connectivity index (χ4n) is 4.04. The summed E-state index contributed by atoms with van der Waals surface area (Å²) in [5.41, 5.74) is 0.502. The summed E-state index contributed by atoms with van der Waals surface area (Å²) < 4.78 is 44.0. The molecule has 0 bridgehead atoms. The maximum absolute atomic E-state index is 13.0. The van der Waals surface area contributed by atoms with E-state index < -0.39 is 28.0 Å². The number of carbonyl (C=O) groups is 2. The van der Waals surface area contributed by atoms with Crippen LogP contribution in [0.5, 0.6) is 11.5 Å². The second-order valence-electron chi connectivity index (χ2n) is 8.09. The highest BCUT2D eigenvalue weighted by Crippen LogP contribution is 2.34. The molecule has 1 heterocycles. The van der Waals surface area contributed by atoms with E-state index in [2.05, 4.69) is 4.72 Å². The molecule has 4 rings (SSSR count). The number of fused-ring (bicyclic) bond motifs is 1. The molecule has 34 heavy (non-hydrogen) atoms. The van der Waals surface area contributed by atoms with Crippen molar-refractivity contribution in [3.63, 3.8) is 0 Å².